The van der Waals surface area contributed by atoms with E-state index in [0.717, 1.165) is 36.5 Å². The molecule has 2 nitrogen and oxygen atoms in total. The number of hydrogen-bond acceptors (Lipinski definition) is 2. The summed E-state index contributed by atoms with van der Waals surface area (Å²) in [4.78, 5) is 2.66. The molecule has 1 aromatic carbocycles. The lowest BCUT2D eigenvalue weighted by atomic mass is 10.0. The van der Waals surface area contributed by atoms with Crippen LogP contribution in [-0.4, -0.2) is 30.1 Å². The van der Waals surface area contributed by atoms with Crippen LogP contribution in [0.2, 0.25) is 10.0 Å². The molecule has 3 aliphatic rings. The van der Waals surface area contributed by atoms with E-state index in [9.17, 15) is 0 Å². The van der Waals surface area contributed by atoms with E-state index in [2.05, 4.69) is 16.3 Å². The SMILES string of the molecule is Clc1cccc(CN2CC(C3CC3)NCC2C2CC2)c1Cl. The highest BCUT2D eigenvalue weighted by molar-refractivity contribution is 6.42. The number of nitrogens with zero attached hydrogens (tertiary/aromatic N) is 1. The van der Waals surface area contributed by atoms with E-state index >= 15 is 0 Å². The van der Waals surface area contributed by atoms with Crippen molar-refractivity contribution >= 4 is 23.2 Å². The largest absolute Gasteiger partial charge is 0.311 e. The van der Waals surface area contributed by atoms with Gasteiger partial charge in [-0.05, 0) is 49.1 Å². The molecule has 1 aliphatic heterocycles. The maximum Gasteiger partial charge on any atom is 0.0637 e. The Morgan fingerprint density at radius 1 is 1.10 bits per heavy atom. The first-order valence-corrected chi connectivity index (χ1v) is 8.88. The van der Waals surface area contributed by atoms with Crippen molar-refractivity contribution in [3.8, 4) is 0 Å². The zero-order valence-electron chi connectivity index (χ0n) is 12.2. The van der Waals surface area contributed by atoms with Crippen molar-refractivity contribution in [2.24, 2.45) is 11.8 Å². The maximum atomic E-state index is 6.39. The van der Waals surface area contributed by atoms with Gasteiger partial charge in [-0.3, -0.25) is 4.90 Å². The molecule has 21 heavy (non-hydrogen) atoms. The zero-order valence-corrected chi connectivity index (χ0v) is 13.7. The summed E-state index contributed by atoms with van der Waals surface area (Å²) in [5.41, 5.74) is 1.17. The van der Waals surface area contributed by atoms with Gasteiger partial charge >= 0.3 is 0 Å². The monoisotopic (exact) mass is 324 g/mol. The Kier molecular flexibility index (Phi) is 3.91. The van der Waals surface area contributed by atoms with Gasteiger partial charge in [0.05, 0.1) is 10.0 Å². The van der Waals surface area contributed by atoms with Gasteiger partial charge < -0.3 is 5.32 Å². The summed E-state index contributed by atoms with van der Waals surface area (Å²) in [5, 5.41) is 5.20. The molecular weight excluding hydrogens is 303 g/mol. The van der Waals surface area contributed by atoms with Crippen LogP contribution in [0, 0.1) is 11.8 Å². The number of halogens is 2. The summed E-state index contributed by atoms with van der Waals surface area (Å²) in [6.45, 7) is 3.24. The molecule has 2 unspecified atom stereocenters. The summed E-state index contributed by atoms with van der Waals surface area (Å²) in [5.74, 6) is 1.79. The third-order valence-electron chi connectivity index (χ3n) is 5.25. The number of rotatable bonds is 4. The van der Waals surface area contributed by atoms with Gasteiger partial charge in [-0.1, -0.05) is 35.3 Å². The topological polar surface area (TPSA) is 15.3 Å². The smallest absolute Gasteiger partial charge is 0.0637 e. The molecule has 114 valence electrons. The van der Waals surface area contributed by atoms with Crippen LogP contribution >= 0.6 is 23.2 Å². The summed E-state index contributed by atoms with van der Waals surface area (Å²) in [7, 11) is 0. The lowest BCUT2D eigenvalue weighted by molar-refractivity contribution is 0.100. The Labute approximate surface area is 136 Å². The summed E-state index contributed by atoms with van der Waals surface area (Å²) in [6.07, 6.45) is 5.58. The van der Waals surface area contributed by atoms with Gasteiger partial charge in [-0.25, -0.2) is 0 Å². The van der Waals surface area contributed by atoms with Crippen LogP contribution in [0.15, 0.2) is 18.2 Å². The van der Waals surface area contributed by atoms with Gasteiger partial charge in [0.25, 0.3) is 0 Å². The zero-order chi connectivity index (χ0) is 14.4. The summed E-state index contributed by atoms with van der Waals surface area (Å²) in [6, 6.07) is 7.35. The quantitative estimate of drug-likeness (QED) is 0.901. The van der Waals surface area contributed by atoms with Crippen LogP contribution in [0.5, 0.6) is 0 Å². The molecule has 0 spiro atoms. The summed E-state index contributed by atoms with van der Waals surface area (Å²) >= 11 is 12.6. The third-order valence-corrected chi connectivity index (χ3v) is 6.11. The third kappa shape index (κ3) is 3.10. The first kappa shape index (κ1) is 14.3. The van der Waals surface area contributed by atoms with E-state index < -0.39 is 0 Å². The fourth-order valence-electron chi connectivity index (χ4n) is 3.69. The van der Waals surface area contributed by atoms with Gasteiger partial charge in [0.2, 0.25) is 0 Å². The highest BCUT2D eigenvalue weighted by Crippen LogP contribution is 2.40. The van der Waals surface area contributed by atoms with Gasteiger partial charge in [0.1, 0.15) is 0 Å². The fourth-order valence-corrected chi connectivity index (χ4v) is 4.06. The minimum absolute atomic E-state index is 0.672. The van der Waals surface area contributed by atoms with Gasteiger partial charge in [0.15, 0.2) is 0 Å². The van der Waals surface area contributed by atoms with Crippen molar-refractivity contribution in [3.05, 3.63) is 33.8 Å². The molecule has 1 N–H and O–H groups in total. The molecule has 4 rings (SSSR count). The van der Waals surface area contributed by atoms with Crippen LogP contribution < -0.4 is 5.32 Å². The minimum Gasteiger partial charge on any atom is -0.311 e. The molecule has 2 saturated carbocycles. The maximum absolute atomic E-state index is 6.39. The Morgan fingerprint density at radius 3 is 2.57 bits per heavy atom. The Balaban J connectivity index is 1.52. The highest BCUT2D eigenvalue weighted by Gasteiger charge is 2.42. The average Bonchev–Trinajstić information content (AvgIpc) is 3.37. The molecule has 0 radical (unpaired) electrons. The standard InChI is InChI=1S/C17H22Cl2N2/c18-14-3-1-2-13(17(14)19)9-21-10-15(11-4-5-11)20-8-16(21)12-6-7-12/h1-3,11-12,15-16,20H,4-10H2. The Morgan fingerprint density at radius 2 is 1.86 bits per heavy atom. The average molecular weight is 325 g/mol. The highest BCUT2D eigenvalue weighted by atomic mass is 35.5. The first-order valence-electron chi connectivity index (χ1n) is 8.12. The van der Waals surface area contributed by atoms with Gasteiger partial charge in [-0.15, -0.1) is 0 Å². The molecule has 3 fully saturated rings. The van der Waals surface area contributed by atoms with E-state index in [4.69, 9.17) is 23.2 Å². The molecule has 1 heterocycles. The van der Waals surface area contributed by atoms with Crippen molar-refractivity contribution in [3.63, 3.8) is 0 Å². The molecule has 4 heteroatoms. The number of benzene rings is 1. The fraction of sp³-hybridized carbons (Fsp3) is 0.647. The normalized spacial score (nSPS) is 30.6. The molecule has 0 bridgehead atoms. The Bertz CT molecular complexity index is 526. The van der Waals surface area contributed by atoms with E-state index in [1.807, 2.05) is 12.1 Å². The predicted molar refractivity (Wildman–Crippen MR) is 87.9 cm³/mol. The summed E-state index contributed by atoms with van der Waals surface area (Å²) < 4.78 is 0. The van der Waals surface area contributed by atoms with Crippen molar-refractivity contribution in [2.75, 3.05) is 13.1 Å². The van der Waals surface area contributed by atoms with Crippen molar-refractivity contribution in [1.29, 1.82) is 0 Å². The minimum atomic E-state index is 0.672. The molecule has 0 amide bonds. The molecule has 2 aliphatic carbocycles. The lowest BCUT2D eigenvalue weighted by Crippen LogP contribution is -2.57. The van der Waals surface area contributed by atoms with Gasteiger partial charge in [0, 0.05) is 31.7 Å². The van der Waals surface area contributed by atoms with E-state index in [1.54, 1.807) is 0 Å². The van der Waals surface area contributed by atoms with Crippen molar-refractivity contribution in [1.82, 2.24) is 10.2 Å². The number of piperazine rings is 1. The van der Waals surface area contributed by atoms with Crippen molar-refractivity contribution in [2.45, 2.75) is 44.3 Å². The van der Waals surface area contributed by atoms with E-state index in [-0.39, 0.29) is 0 Å². The second-order valence-corrected chi connectivity index (χ2v) is 7.68. The molecular formula is C17H22Cl2N2. The predicted octanol–water partition coefficient (Wildman–Crippen LogP) is 3.96. The van der Waals surface area contributed by atoms with Crippen LogP contribution in [0.1, 0.15) is 31.2 Å². The van der Waals surface area contributed by atoms with Gasteiger partial charge in [-0.2, -0.15) is 0 Å². The first-order chi connectivity index (χ1) is 10.2. The second-order valence-electron chi connectivity index (χ2n) is 6.90. The molecule has 1 aromatic rings. The van der Waals surface area contributed by atoms with Crippen LogP contribution in [0.3, 0.4) is 0 Å². The van der Waals surface area contributed by atoms with E-state index in [0.29, 0.717) is 17.1 Å². The Hall–Kier alpha value is -0.280. The molecule has 1 saturated heterocycles. The van der Waals surface area contributed by atoms with Crippen LogP contribution in [-0.2, 0) is 6.54 Å². The van der Waals surface area contributed by atoms with Crippen LogP contribution in [0.4, 0.5) is 0 Å². The second kappa shape index (κ2) is 5.73. The van der Waals surface area contributed by atoms with Crippen molar-refractivity contribution < 1.29 is 0 Å². The number of hydrogen-bond donors (Lipinski definition) is 1. The van der Waals surface area contributed by atoms with E-state index in [1.165, 1.54) is 31.2 Å². The van der Waals surface area contributed by atoms with Crippen LogP contribution in [0.25, 0.3) is 0 Å². The lowest BCUT2D eigenvalue weighted by Gasteiger charge is -2.41. The molecule has 2 atom stereocenters. The number of nitrogens with one attached hydrogen (secondary N) is 1. The molecule has 0 aromatic heterocycles.